The lowest BCUT2D eigenvalue weighted by Crippen LogP contribution is -2.44. The third-order valence-electron chi connectivity index (χ3n) is 3.61. The molecular formula is C14H21N5O3. The van der Waals surface area contributed by atoms with Gasteiger partial charge in [-0.15, -0.1) is 0 Å². The van der Waals surface area contributed by atoms with Crippen LogP contribution in [0.2, 0.25) is 0 Å². The quantitative estimate of drug-likeness (QED) is 0.711. The molecule has 0 saturated carbocycles. The first-order valence-electron chi connectivity index (χ1n) is 7.29. The van der Waals surface area contributed by atoms with Gasteiger partial charge in [-0.2, -0.15) is 5.10 Å². The molecule has 1 saturated heterocycles. The zero-order valence-corrected chi connectivity index (χ0v) is 12.9. The van der Waals surface area contributed by atoms with Crippen molar-refractivity contribution in [3.05, 3.63) is 17.5 Å². The van der Waals surface area contributed by atoms with Crippen molar-refractivity contribution in [1.82, 2.24) is 25.3 Å². The molecule has 0 spiro atoms. The minimum Gasteiger partial charge on any atom is -0.342 e. The molecule has 120 valence electrons. The van der Waals surface area contributed by atoms with Gasteiger partial charge < -0.3 is 15.1 Å². The molecule has 0 aliphatic carbocycles. The van der Waals surface area contributed by atoms with Gasteiger partial charge in [-0.1, -0.05) is 0 Å². The number of likely N-dealkylation sites (tertiary alicyclic amines) is 1. The summed E-state index contributed by atoms with van der Waals surface area (Å²) < 4.78 is 0. The summed E-state index contributed by atoms with van der Waals surface area (Å²) in [6, 6.07) is 1.80. The van der Waals surface area contributed by atoms with Gasteiger partial charge in [0.05, 0.1) is 12.2 Å². The number of H-pyrrole nitrogens is 1. The molecule has 0 radical (unpaired) electrons. The van der Waals surface area contributed by atoms with Gasteiger partial charge in [-0.25, -0.2) is 0 Å². The van der Waals surface area contributed by atoms with E-state index in [9.17, 15) is 14.4 Å². The minimum atomic E-state index is -0.670. The van der Waals surface area contributed by atoms with Gasteiger partial charge in [0.2, 0.25) is 5.91 Å². The number of likely N-dealkylation sites (N-methyl/N-ethyl adjacent to an activating group) is 1. The van der Waals surface area contributed by atoms with Gasteiger partial charge in [0.15, 0.2) is 0 Å². The highest BCUT2D eigenvalue weighted by molar-refractivity contribution is 6.34. The fourth-order valence-electron chi connectivity index (χ4n) is 2.30. The lowest BCUT2D eigenvalue weighted by Gasteiger charge is -2.21. The van der Waals surface area contributed by atoms with Crippen molar-refractivity contribution < 1.29 is 14.4 Å². The molecule has 0 atom stereocenters. The highest BCUT2D eigenvalue weighted by Crippen LogP contribution is 2.08. The van der Waals surface area contributed by atoms with Gasteiger partial charge in [0.1, 0.15) is 0 Å². The summed E-state index contributed by atoms with van der Waals surface area (Å²) in [5.41, 5.74) is 1.56. The molecule has 1 aromatic heterocycles. The predicted octanol–water partition coefficient (Wildman–Crippen LogP) is -0.585. The van der Waals surface area contributed by atoms with Crippen molar-refractivity contribution in [3.63, 3.8) is 0 Å². The number of amides is 3. The normalized spacial score (nSPS) is 14.3. The summed E-state index contributed by atoms with van der Waals surface area (Å²) in [5, 5.41) is 9.28. The average molecular weight is 307 g/mol. The third-order valence-corrected chi connectivity index (χ3v) is 3.61. The molecule has 0 aromatic carbocycles. The topological polar surface area (TPSA) is 98.4 Å². The Balaban J connectivity index is 1.74. The number of hydrogen-bond donors (Lipinski definition) is 2. The first-order chi connectivity index (χ1) is 10.5. The number of aromatic nitrogens is 2. The molecule has 1 aliphatic heterocycles. The van der Waals surface area contributed by atoms with Crippen molar-refractivity contribution >= 4 is 17.7 Å². The van der Waals surface area contributed by atoms with Crippen LogP contribution in [0.25, 0.3) is 0 Å². The molecule has 8 heteroatoms. The second kappa shape index (κ2) is 7.06. The van der Waals surface area contributed by atoms with Crippen LogP contribution in [0.15, 0.2) is 6.07 Å². The standard InChI is InChI=1S/C14H21N5O3/c1-10-8-11(17-16-10)9-15-13(21)14(22)18(2)6-7-19-5-3-4-12(19)20/h8H,3-7,9H2,1-2H3,(H,15,21)(H,16,17). The van der Waals surface area contributed by atoms with Gasteiger partial charge in [-0.3, -0.25) is 19.5 Å². The number of aryl methyl sites for hydroxylation is 1. The Kier molecular flexibility index (Phi) is 5.13. The molecule has 0 unspecified atom stereocenters. The zero-order chi connectivity index (χ0) is 16.1. The molecule has 1 fully saturated rings. The Morgan fingerprint density at radius 3 is 2.86 bits per heavy atom. The first kappa shape index (κ1) is 16.0. The molecule has 2 heterocycles. The van der Waals surface area contributed by atoms with Crippen molar-refractivity contribution in [2.24, 2.45) is 0 Å². The molecule has 2 N–H and O–H groups in total. The number of nitrogens with zero attached hydrogens (tertiary/aromatic N) is 3. The molecule has 1 aromatic rings. The van der Waals surface area contributed by atoms with Crippen LogP contribution in [0.3, 0.4) is 0 Å². The fourth-order valence-corrected chi connectivity index (χ4v) is 2.30. The van der Waals surface area contributed by atoms with E-state index in [1.807, 2.05) is 6.92 Å². The van der Waals surface area contributed by atoms with Gasteiger partial charge >= 0.3 is 11.8 Å². The van der Waals surface area contributed by atoms with E-state index in [2.05, 4.69) is 15.5 Å². The van der Waals surface area contributed by atoms with Crippen LogP contribution < -0.4 is 5.32 Å². The lowest BCUT2D eigenvalue weighted by molar-refractivity contribution is -0.145. The van der Waals surface area contributed by atoms with Crippen LogP contribution >= 0.6 is 0 Å². The van der Waals surface area contributed by atoms with Crippen molar-refractivity contribution in [2.45, 2.75) is 26.3 Å². The van der Waals surface area contributed by atoms with E-state index in [-0.39, 0.29) is 12.5 Å². The number of hydrogen-bond acceptors (Lipinski definition) is 4. The predicted molar refractivity (Wildman–Crippen MR) is 78.6 cm³/mol. The second-order valence-corrected chi connectivity index (χ2v) is 5.44. The largest absolute Gasteiger partial charge is 0.342 e. The summed E-state index contributed by atoms with van der Waals surface area (Å²) in [6.45, 7) is 3.60. The fraction of sp³-hybridized carbons (Fsp3) is 0.571. The Bertz CT molecular complexity index is 569. The van der Waals surface area contributed by atoms with E-state index in [0.29, 0.717) is 25.2 Å². The van der Waals surface area contributed by atoms with Crippen LogP contribution in [-0.4, -0.2) is 64.4 Å². The van der Waals surface area contributed by atoms with E-state index in [4.69, 9.17) is 0 Å². The Hall–Kier alpha value is -2.38. The maximum Gasteiger partial charge on any atom is 0.311 e. The van der Waals surface area contributed by atoms with E-state index in [0.717, 1.165) is 18.7 Å². The number of rotatable bonds is 5. The van der Waals surface area contributed by atoms with E-state index in [1.165, 1.54) is 4.90 Å². The summed E-state index contributed by atoms with van der Waals surface area (Å²) in [6.07, 6.45) is 1.43. The summed E-state index contributed by atoms with van der Waals surface area (Å²) >= 11 is 0. The van der Waals surface area contributed by atoms with Crippen LogP contribution in [0, 0.1) is 6.92 Å². The number of aromatic amines is 1. The van der Waals surface area contributed by atoms with Crippen LogP contribution in [0.5, 0.6) is 0 Å². The maximum absolute atomic E-state index is 11.9. The summed E-state index contributed by atoms with van der Waals surface area (Å²) in [7, 11) is 1.56. The second-order valence-electron chi connectivity index (χ2n) is 5.44. The van der Waals surface area contributed by atoms with E-state index < -0.39 is 11.8 Å². The maximum atomic E-state index is 11.9. The van der Waals surface area contributed by atoms with E-state index in [1.54, 1.807) is 18.0 Å². The SMILES string of the molecule is Cc1cc(CNC(=O)C(=O)N(C)CCN2CCCC2=O)n[nH]1. The number of carbonyl (C=O) groups is 3. The minimum absolute atomic E-state index is 0.110. The first-order valence-corrected chi connectivity index (χ1v) is 7.29. The zero-order valence-electron chi connectivity index (χ0n) is 12.9. The van der Waals surface area contributed by atoms with Gasteiger partial charge in [0.25, 0.3) is 0 Å². The third kappa shape index (κ3) is 4.06. The van der Waals surface area contributed by atoms with Gasteiger partial charge in [-0.05, 0) is 19.4 Å². The van der Waals surface area contributed by atoms with Crippen molar-refractivity contribution in [1.29, 1.82) is 0 Å². The molecule has 8 nitrogen and oxygen atoms in total. The Labute approximate surface area is 128 Å². The molecule has 1 aliphatic rings. The summed E-state index contributed by atoms with van der Waals surface area (Å²) in [5.74, 6) is -1.17. The number of carbonyl (C=O) groups excluding carboxylic acids is 3. The molecule has 0 bridgehead atoms. The number of nitrogens with one attached hydrogen (secondary N) is 2. The lowest BCUT2D eigenvalue weighted by atomic mass is 10.3. The van der Waals surface area contributed by atoms with E-state index >= 15 is 0 Å². The highest BCUT2D eigenvalue weighted by atomic mass is 16.2. The Morgan fingerprint density at radius 2 is 2.27 bits per heavy atom. The highest BCUT2D eigenvalue weighted by Gasteiger charge is 2.23. The molecule has 22 heavy (non-hydrogen) atoms. The monoisotopic (exact) mass is 307 g/mol. The Morgan fingerprint density at radius 1 is 1.50 bits per heavy atom. The van der Waals surface area contributed by atoms with Gasteiger partial charge in [0, 0.05) is 38.8 Å². The van der Waals surface area contributed by atoms with Crippen molar-refractivity contribution in [3.8, 4) is 0 Å². The molecule has 3 amide bonds. The van der Waals surface area contributed by atoms with Crippen molar-refractivity contribution in [2.75, 3.05) is 26.7 Å². The smallest absolute Gasteiger partial charge is 0.311 e. The summed E-state index contributed by atoms with van der Waals surface area (Å²) in [4.78, 5) is 38.3. The molecular weight excluding hydrogens is 286 g/mol. The van der Waals surface area contributed by atoms with Crippen LogP contribution in [-0.2, 0) is 20.9 Å². The average Bonchev–Trinajstić information content (AvgIpc) is 3.10. The van der Waals surface area contributed by atoms with Crippen LogP contribution in [0.4, 0.5) is 0 Å². The molecule has 2 rings (SSSR count). The van der Waals surface area contributed by atoms with Crippen LogP contribution in [0.1, 0.15) is 24.2 Å².